The molecule has 1 heterocycles. The van der Waals surface area contributed by atoms with Gasteiger partial charge in [-0.25, -0.2) is 0 Å². The molecule has 4 nitrogen and oxygen atoms in total. The van der Waals surface area contributed by atoms with Crippen LogP contribution in [0.25, 0.3) is 11.0 Å². The second kappa shape index (κ2) is 5.67. The van der Waals surface area contributed by atoms with E-state index in [0.717, 1.165) is 10.9 Å². The maximum Gasteiger partial charge on any atom is 0.287 e. The monoisotopic (exact) mass is 275 g/mol. The molecule has 0 atom stereocenters. The third-order valence-electron chi connectivity index (χ3n) is 4.08. The van der Waals surface area contributed by atoms with Crippen LogP contribution in [0.3, 0.4) is 0 Å². The van der Waals surface area contributed by atoms with Gasteiger partial charge in [0.2, 0.25) is 0 Å². The lowest BCUT2D eigenvalue weighted by Crippen LogP contribution is -2.50. The Morgan fingerprint density at radius 3 is 2.50 bits per heavy atom. The van der Waals surface area contributed by atoms with Gasteiger partial charge in [-0.2, -0.15) is 0 Å². The molecule has 1 aromatic carbocycles. The predicted molar refractivity (Wildman–Crippen MR) is 78.8 cm³/mol. The van der Waals surface area contributed by atoms with Crippen molar-refractivity contribution in [2.75, 3.05) is 6.61 Å². The number of carbonyl (C=O) groups excluding carboxylic acids is 1. The van der Waals surface area contributed by atoms with Crippen molar-refractivity contribution in [1.82, 2.24) is 5.32 Å². The van der Waals surface area contributed by atoms with Gasteiger partial charge in [-0.3, -0.25) is 4.79 Å². The standard InChI is InChI=1S/C16H21NO3/c1-4-16(5-2,10-18)17-15(19)14-11(3)12-8-6-7-9-13(12)20-14/h6-9,18H,4-5,10H2,1-3H3,(H,17,19). The van der Waals surface area contributed by atoms with E-state index in [4.69, 9.17) is 4.42 Å². The fourth-order valence-electron chi connectivity index (χ4n) is 2.38. The van der Waals surface area contributed by atoms with Crippen molar-refractivity contribution in [2.24, 2.45) is 0 Å². The average molecular weight is 275 g/mol. The van der Waals surface area contributed by atoms with Gasteiger partial charge in [0, 0.05) is 10.9 Å². The smallest absolute Gasteiger partial charge is 0.287 e. The van der Waals surface area contributed by atoms with E-state index < -0.39 is 5.54 Å². The van der Waals surface area contributed by atoms with Crippen LogP contribution in [-0.2, 0) is 0 Å². The quantitative estimate of drug-likeness (QED) is 0.881. The molecule has 0 aliphatic rings. The van der Waals surface area contributed by atoms with E-state index in [2.05, 4.69) is 5.32 Å². The van der Waals surface area contributed by atoms with Crippen molar-refractivity contribution >= 4 is 16.9 Å². The maximum atomic E-state index is 12.4. The number of amides is 1. The molecule has 0 aliphatic heterocycles. The van der Waals surface area contributed by atoms with Gasteiger partial charge in [-0.15, -0.1) is 0 Å². The molecule has 2 aromatic rings. The fraction of sp³-hybridized carbons (Fsp3) is 0.438. The molecule has 0 fully saturated rings. The van der Waals surface area contributed by atoms with Crippen LogP contribution >= 0.6 is 0 Å². The summed E-state index contributed by atoms with van der Waals surface area (Å²) in [5.41, 5.74) is 0.956. The molecule has 20 heavy (non-hydrogen) atoms. The summed E-state index contributed by atoms with van der Waals surface area (Å²) in [5, 5.41) is 13.4. The van der Waals surface area contributed by atoms with Gasteiger partial charge in [0.25, 0.3) is 5.91 Å². The molecule has 0 radical (unpaired) electrons. The number of furan rings is 1. The van der Waals surface area contributed by atoms with E-state index >= 15 is 0 Å². The topological polar surface area (TPSA) is 62.5 Å². The molecular weight excluding hydrogens is 254 g/mol. The molecule has 2 N–H and O–H groups in total. The van der Waals surface area contributed by atoms with E-state index in [1.54, 1.807) is 0 Å². The van der Waals surface area contributed by atoms with Crippen LogP contribution in [0.4, 0.5) is 0 Å². The largest absolute Gasteiger partial charge is 0.451 e. The van der Waals surface area contributed by atoms with Gasteiger partial charge in [0.1, 0.15) is 5.58 Å². The molecule has 0 bridgehead atoms. The molecule has 0 saturated carbocycles. The number of nitrogens with one attached hydrogen (secondary N) is 1. The van der Waals surface area contributed by atoms with E-state index in [-0.39, 0.29) is 12.5 Å². The molecule has 4 heteroatoms. The first-order valence-electron chi connectivity index (χ1n) is 6.98. The first kappa shape index (κ1) is 14.6. The van der Waals surface area contributed by atoms with Gasteiger partial charge < -0.3 is 14.8 Å². The number of benzene rings is 1. The molecule has 108 valence electrons. The van der Waals surface area contributed by atoms with Crippen LogP contribution in [0.5, 0.6) is 0 Å². The number of aliphatic hydroxyl groups excluding tert-OH is 1. The van der Waals surface area contributed by atoms with Crippen LogP contribution < -0.4 is 5.32 Å². The number of fused-ring (bicyclic) bond motifs is 1. The molecule has 0 saturated heterocycles. The summed E-state index contributed by atoms with van der Waals surface area (Å²) in [6.45, 7) is 5.70. The summed E-state index contributed by atoms with van der Waals surface area (Å²) in [5.74, 6) is 0.0578. The minimum Gasteiger partial charge on any atom is -0.451 e. The summed E-state index contributed by atoms with van der Waals surface area (Å²) < 4.78 is 5.65. The lowest BCUT2D eigenvalue weighted by atomic mass is 9.93. The number of hydrogen-bond acceptors (Lipinski definition) is 3. The van der Waals surface area contributed by atoms with Gasteiger partial charge in [-0.05, 0) is 25.8 Å². The molecular formula is C16H21NO3. The number of rotatable bonds is 5. The van der Waals surface area contributed by atoms with Crippen LogP contribution in [0.1, 0.15) is 42.8 Å². The van der Waals surface area contributed by atoms with Crippen molar-refractivity contribution in [2.45, 2.75) is 39.2 Å². The van der Waals surface area contributed by atoms with E-state index in [0.29, 0.717) is 24.2 Å². The molecule has 0 aliphatic carbocycles. The lowest BCUT2D eigenvalue weighted by Gasteiger charge is -2.30. The summed E-state index contributed by atoms with van der Waals surface area (Å²) in [4.78, 5) is 12.4. The highest BCUT2D eigenvalue weighted by atomic mass is 16.3. The van der Waals surface area contributed by atoms with E-state index in [1.165, 1.54) is 0 Å². The van der Waals surface area contributed by atoms with Gasteiger partial charge >= 0.3 is 0 Å². The lowest BCUT2D eigenvalue weighted by molar-refractivity contribution is 0.0791. The second-order valence-electron chi connectivity index (χ2n) is 5.15. The van der Waals surface area contributed by atoms with Crippen molar-refractivity contribution in [3.05, 3.63) is 35.6 Å². The predicted octanol–water partition coefficient (Wildman–Crippen LogP) is 3.02. The Morgan fingerprint density at radius 2 is 1.95 bits per heavy atom. The third kappa shape index (κ3) is 2.43. The van der Waals surface area contributed by atoms with Crippen molar-refractivity contribution in [1.29, 1.82) is 0 Å². The van der Waals surface area contributed by atoms with Crippen molar-refractivity contribution in [3.8, 4) is 0 Å². The van der Waals surface area contributed by atoms with Crippen LogP contribution in [0.2, 0.25) is 0 Å². The molecule has 1 aromatic heterocycles. The zero-order valence-electron chi connectivity index (χ0n) is 12.2. The van der Waals surface area contributed by atoms with Crippen LogP contribution in [0.15, 0.2) is 28.7 Å². The summed E-state index contributed by atoms with van der Waals surface area (Å²) in [7, 11) is 0. The number of aliphatic hydroxyl groups is 1. The number of para-hydroxylation sites is 1. The molecule has 2 rings (SSSR count). The van der Waals surface area contributed by atoms with Crippen LogP contribution in [-0.4, -0.2) is 23.2 Å². The number of carbonyl (C=O) groups is 1. The Bertz CT molecular complexity index is 603. The summed E-state index contributed by atoms with van der Waals surface area (Å²) >= 11 is 0. The fourth-order valence-corrected chi connectivity index (χ4v) is 2.38. The van der Waals surface area contributed by atoms with Gasteiger partial charge in [-0.1, -0.05) is 32.0 Å². The third-order valence-corrected chi connectivity index (χ3v) is 4.08. The summed E-state index contributed by atoms with van der Waals surface area (Å²) in [6.07, 6.45) is 1.34. The average Bonchev–Trinajstić information content (AvgIpc) is 2.83. The Labute approximate surface area is 118 Å². The highest BCUT2D eigenvalue weighted by Crippen LogP contribution is 2.25. The first-order chi connectivity index (χ1) is 9.56. The van der Waals surface area contributed by atoms with Crippen LogP contribution in [0, 0.1) is 6.92 Å². The Morgan fingerprint density at radius 1 is 1.30 bits per heavy atom. The zero-order valence-corrected chi connectivity index (χ0v) is 12.2. The molecule has 0 unspecified atom stereocenters. The SMILES string of the molecule is CCC(CC)(CO)NC(=O)c1oc2ccccc2c1C. The van der Waals surface area contributed by atoms with E-state index in [9.17, 15) is 9.90 Å². The van der Waals surface area contributed by atoms with Crippen molar-refractivity contribution < 1.29 is 14.3 Å². The molecule has 1 amide bonds. The zero-order chi connectivity index (χ0) is 14.8. The van der Waals surface area contributed by atoms with E-state index in [1.807, 2.05) is 45.0 Å². The van der Waals surface area contributed by atoms with Crippen molar-refractivity contribution in [3.63, 3.8) is 0 Å². The Balaban J connectivity index is 2.34. The minimum atomic E-state index is -0.581. The maximum absolute atomic E-state index is 12.4. The highest BCUT2D eigenvalue weighted by molar-refractivity contribution is 5.99. The second-order valence-corrected chi connectivity index (χ2v) is 5.15. The summed E-state index contributed by atoms with van der Waals surface area (Å²) in [6, 6.07) is 7.58. The van der Waals surface area contributed by atoms with Gasteiger partial charge in [0.05, 0.1) is 12.1 Å². The number of aryl methyl sites for hydroxylation is 1. The molecule has 0 spiro atoms. The number of hydrogen-bond donors (Lipinski definition) is 2. The normalized spacial score (nSPS) is 11.8. The first-order valence-corrected chi connectivity index (χ1v) is 6.98. The minimum absolute atomic E-state index is 0.0784. The Hall–Kier alpha value is -1.81. The Kier molecular flexibility index (Phi) is 4.14. The highest BCUT2D eigenvalue weighted by Gasteiger charge is 2.29. The van der Waals surface area contributed by atoms with Gasteiger partial charge in [0.15, 0.2) is 5.76 Å².